The summed E-state index contributed by atoms with van der Waals surface area (Å²) in [6.45, 7) is 8.75. The van der Waals surface area contributed by atoms with Gasteiger partial charge in [-0.25, -0.2) is 0 Å². The van der Waals surface area contributed by atoms with E-state index < -0.39 is 11.1 Å². The van der Waals surface area contributed by atoms with Gasteiger partial charge >= 0.3 is 0 Å². The molecule has 0 fully saturated rings. The van der Waals surface area contributed by atoms with Gasteiger partial charge < -0.3 is 10.3 Å². The van der Waals surface area contributed by atoms with Crippen molar-refractivity contribution in [2.75, 3.05) is 0 Å². The molecule has 0 aliphatic carbocycles. The molecule has 0 atom stereocenters. The Labute approximate surface area is 78.4 Å². The molecular weight excluding hydrogens is 168 g/mol. The Hall–Kier alpha value is -0.900. The molecule has 0 unspecified atom stereocenters. The smallest absolute Gasteiger partial charge is 0.239 e. The number of rotatable bonds is 0. The molecule has 1 aliphatic rings. The van der Waals surface area contributed by atoms with Crippen LogP contribution in [0.15, 0.2) is 11.9 Å². The summed E-state index contributed by atoms with van der Waals surface area (Å²) in [4.78, 5) is 11.6. The molecule has 0 spiro atoms. The molecule has 0 aromatic carbocycles. The van der Waals surface area contributed by atoms with Crippen LogP contribution in [0.5, 0.6) is 0 Å². The minimum Gasteiger partial charge on any atom is -0.758 e. The Morgan fingerprint density at radius 3 is 2.31 bits per heavy atom. The summed E-state index contributed by atoms with van der Waals surface area (Å²) in [6, 6.07) is 0. The van der Waals surface area contributed by atoms with Gasteiger partial charge in [0.2, 0.25) is 11.7 Å². The van der Waals surface area contributed by atoms with E-state index in [1.165, 1.54) is 6.20 Å². The van der Waals surface area contributed by atoms with Crippen LogP contribution in [0.1, 0.15) is 34.6 Å². The number of hydrogen-bond acceptors (Lipinski definition) is 3. The van der Waals surface area contributed by atoms with Crippen LogP contribution >= 0.6 is 0 Å². The predicted molar refractivity (Wildman–Crippen MR) is 50.7 cm³/mol. The van der Waals surface area contributed by atoms with Crippen molar-refractivity contribution in [2.45, 2.75) is 45.7 Å². The summed E-state index contributed by atoms with van der Waals surface area (Å²) in [5.74, 6) is 0. The third kappa shape index (κ3) is 1.16. The zero-order valence-corrected chi connectivity index (χ0v) is 8.79. The summed E-state index contributed by atoms with van der Waals surface area (Å²) >= 11 is 0. The van der Waals surface area contributed by atoms with Crippen molar-refractivity contribution in [1.82, 2.24) is 5.06 Å². The van der Waals surface area contributed by atoms with Gasteiger partial charge in [0.25, 0.3) is 0 Å². The van der Waals surface area contributed by atoms with Crippen molar-refractivity contribution in [3.05, 3.63) is 22.0 Å². The van der Waals surface area contributed by atoms with Crippen LogP contribution in [-0.2, 0) is 0 Å². The average Bonchev–Trinajstić information content (AvgIpc) is 2.00. The number of hydroxylamine groups is 2. The van der Waals surface area contributed by atoms with Crippen LogP contribution in [0, 0.1) is 10.1 Å². The lowest BCUT2D eigenvalue weighted by atomic mass is 9.80. The van der Waals surface area contributed by atoms with Crippen LogP contribution in [0.4, 0.5) is 0 Å². The van der Waals surface area contributed by atoms with E-state index in [1.54, 1.807) is 34.6 Å². The largest absolute Gasteiger partial charge is 0.758 e. The predicted octanol–water partition coefficient (Wildman–Crippen LogP) is 2.00. The van der Waals surface area contributed by atoms with Gasteiger partial charge in [0.1, 0.15) is 0 Å². The third-order valence-corrected chi connectivity index (χ3v) is 3.18. The first-order valence-electron chi connectivity index (χ1n) is 4.33. The highest BCUT2D eigenvalue weighted by Gasteiger charge is 2.53. The van der Waals surface area contributed by atoms with E-state index >= 15 is 0 Å². The minimum absolute atomic E-state index is 0.458. The zero-order valence-electron chi connectivity index (χ0n) is 8.79. The van der Waals surface area contributed by atoms with Crippen LogP contribution in [-0.4, -0.2) is 20.9 Å². The molecule has 0 saturated carbocycles. The maximum absolute atomic E-state index is 11.7. The Morgan fingerprint density at radius 2 is 1.85 bits per heavy atom. The topological polar surface area (TPSA) is 46.4 Å². The first-order valence-corrected chi connectivity index (χ1v) is 4.33. The van der Waals surface area contributed by atoms with E-state index in [1.807, 2.05) is 0 Å². The summed E-state index contributed by atoms with van der Waals surface area (Å²) < 4.78 is 0.858. The van der Waals surface area contributed by atoms with Gasteiger partial charge in [0.15, 0.2) is 0 Å². The van der Waals surface area contributed by atoms with Gasteiger partial charge in [-0.05, 0) is 20.8 Å². The monoisotopic (exact) mass is 184 g/mol. The first-order chi connectivity index (χ1) is 5.71. The first kappa shape index (κ1) is 10.2. The van der Waals surface area contributed by atoms with E-state index in [9.17, 15) is 10.1 Å². The molecule has 13 heavy (non-hydrogen) atoms. The molecule has 1 aliphatic heterocycles. The second-order valence-electron chi connectivity index (χ2n) is 4.51. The lowest BCUT2D eigenvalue weighted by Crippen LogP contribution is -2.61. The molecule has 0 aromatic rings. The van der Waals surface area contributed by atoms with Crippen molar-refractivity contribution in [1.29, 1.82) is 0 Å². The Kier molecular flexibility index (Phi) is 1.99. The molecular formula is C9H16N2O2. The van der Waals surface area contributed by atoms with Crippen molar-refractivity contribution in [3.8, 4) is 0 Å². The summed E-state index contributed by atoms with van der Waals surface area (Å²) in [7, 11) is 0. The maximum Gasteiger partial charge on any atom is 0.239 e. The number of nitrogens with zero attached hydrogens (tertiary/aromatic N) is 2. The van der Waals surface area contributed by atoms with E-state index in [-0.39, 0.29) is 0 Å². The molecule has 0 N–H and O–H groups in total. The highest BCUT2D eigenvalue weighted by atomic mass is 16.5. The van der Waals surface area contributed by atoms with Crippen LogP contribution < -0.4 is 0 Å². The normalized spacial score (nSPS) is 25.8. The van der Waals surface area contributed by atoms with E-state index in [0.29, 0.717) is 5.70 Å². The maximum atomic E-state index is 11.7. The van der Waals surface area contributed by atoms with Crippen molar-refractivity contribution in [3.63, 3.8) is 0 Å². The van der Waals surface area contributed by atoms with Gasteiger partial charge in [-0.3, -0.25) is 0 Å². The van der Waals surface area contributed by atoms with Crippen LogP contribution in [0.2, 0.25) is 0 Å². The van der Waals surface area contributed by atoms with E-state index in [4.69, 9.17) is 0 Å². The fourth-order valence-electron chi connectivity index (χ4n) is 1.34. The van der Waals surface area contributed by atoms with Crippen LogP contribution in [0.25, 0.3) is 0 Å². The molecule has 4 heteroatoms. The summed E-state index contributed by atoms with van der Waals surface area (Å²) in [6.07, 6.45) is 1.35. The molecule has 0 amide bonds. The molecule has 1 rings (SSSR count). The zero-order chi connectivity index (χ0) is 10.4. The second-order valence-corrected chi connectivity index (χ2v) is 4.51. The quantitative estimate of drug-likeness (QED) is 0.541. The average molecular weight is 184 g/mol. The Balaban J connectivity index is 3.26. The minimum atomic E-state index is -0.701. The van der Waals surface area contributed by atoms with E-state index in [2.05, 4.69) is 0 Å². The highest BCUT2D eigenvalue weighted by molar-refractivity contribution is 5.10. The number of nitroso groups, excluding NO2 is 1. The third-order valence-electron chi connectivity index (χ3n) is 3.18. The van der Waals surface area contributed by atoms with Crippen molar-refractivity contribution in [2.24, 2.45) is 0 Å². The fraction of sp³-hybridized carbons (Fsp3) is 0.778. The lowest BCUT2D eigenvalue weighted by Gasteiger charge is -2.51. The van der Waals surface area contributed by atoms with Crippen LogP contribution in [0.3, 0.4) is 0 Å². The number of hydrogen-bond donors (Lipinski definition) is 0. The fourth-order valence-corrected chi connectivity index (χ4v) is 1.34. The van der Waals surface area contributed by atoms with Gasteiger partial charge in [0.05, 0.1) is 11.2 Å². The molecule has 0 radical (unpaired) electrons. The summed E-state index contributed by atoms with van der Waals surface area (Å²) in [5, 5.41) is 12.6. The standard InChI is InChI=1S/C9H16N2O2/c1-7-6-10(12)8(2,3)9(4,5)11(7)13/h6H,1-5H3. The molecule has 0 saturated heterocycles. The molecule has 4 nitrogen and oxygen atoms in total. The Bertz CT molecular complexity index is 279. The highest BCUT2D eigenvalue weighted by Crippen LogP contribution is 2.36. The van der Waals surface area contributed by atoms with Gasteiger partial charge in [0, 0.05) is 23.5 Å². The van der Waals surface area contributed by atoms with Gasteiger partial charge in [-0.1, -0.05) is 0 Å². The van der Waals surface area contributed by atoms with Gasteiger partial charge in [-0.2, -0.15) is 0 Å². The molecule has 0 aromatic heterocycles. The SMILES string of the molecule is CC1=C[N+](=O)C(C)(C)C(C)(C)N1[O-]. The van der Waals surface area contributed by atoms with Crippen molar-refractivity contribution >= 4 is 0 Å². The molecule has 74 valence electrons. The number of allylic oxidation sites excluding steroid dienone is 1. The Morgan fingerprint density at radius 1 is 1.38 bits per heavy atom. The lowest BCUT2D eigenvalue weighted by molar-refractivity contribution is -0.584. The van der Waals surface area contributed by atoms with Gasteiger partial charge in [-0.15, -0.1) is 0 Å². The second kappa shape index (κ2) is 2.54. The summed E-state index contributed by atoms with van der Waals surface area (Å²) in [5.41, 5.74) is -0.943. The van der Waals surface area contributed by atoms with Crippen molar-refractivity contribution < 1.29 is 4.76 Å². The molecule has 1 heterocycles. The molecule has 0 bridgehead atoms. The van der Waals surface area contributed by atoms with E-state index in [0.717, 1.165) is 9.82 Å².